The Bertz CT molecular complexity index is 964. The van der Waals surface area contributed by atoms with Gasteiger partial charge in [-0.05, 0) is 48.2 Å². The molecule has 2 atom stereocenters. The largest absolute Gasteiger partial charge is 0.524 e. The first kappa shape index (κ1) is 29.2. The van der Waals surface area contributed by atoms with E-state index in [0.29, 0.717) is 11.1 Å². The summed E-state index contributed by atoms with van der Waals surface area (Å²) in [6, 6.07) is 9.30. The van der Waals surface area contributed by atoms with Crippen LogP contribution in [0.1, 0.15) is 11.1 Å². The van der Waals surface area contributed by atoms with Crippen molar-refractivity contribution in [3.63, 3.8) is 0 Å². The molecule has 0 saturated carbocycles. The lowest BCUT2D eigenvalue weighted by molar-refractivity contribution is -0.139. The molecule has 0 spiro atoms. The van der Waals surface area contributed by atoms with E-state index in [1.165, 1.54) is 48.5 Å². The Balaban J connectivity index is 0.000000340. The standard InChI is InChI=1S/2C9H12NO6P/c2*10-8(9(11)12)5-6-1-3-7(4-2-6)16-17(13,14)15/h2*1-4,8H,5,10H2,(H,11,12)(H2,13,14,15)/t2*8-/m00/s1. The van der Waals surface area contributed by atoms with Crippen molar-refractivity contribution in [2.24, 2.45) is 11.5 Å². The van der Waals surface area contributed by atoms with E-state index >= 15 is 0 Å². The van der Waals surface area contributed by atoms with E-state index in [0.717, 1.165) is 0 Å². The van der Waals surface area contributed by atoms with Crippen LogP contribution in [0.2, 0.25) is 0 Å². The SMILES string of the molecule is N[C@@H](Cc1ccc(OP(=O)(O)O)cc1)C(=O)O.N[C@@H](Cc1ccc(OP(=O)(O)O)cc1)C(=O)O. The second-order valence-electron chi connectivity index (χ2n) is 6.75. The molecule has 0 saturated heterocycles. The molecule has 14 nitrogen and oxygen atoms in total. The maximum Gasteiger partial charge on any atom is 0.524 e. The minimum atomic E-state index is -4.56. The Morgan fingerprint density at radius 2 is 0.941 bits per heavy atom. The van der Waals surface area contributed by atoms with Crippen molar-refractivity contribution in [3.05, 3.63) is 59.7 Å². The number of phosphoric acid groups is 2. The second-order valence-corrected chi connectivity index (χ2v) is 9.08. The first-order valence-electron chi connectivity index (χ1n) is 9.20. The van der Waals surface area contributed by atoms with Crippen molar-refractivity contribution < 1.29 is 57.6 Å². The average Bonchev–Trinajstić information content (AvgIpc) is 2.69. The minimum Gasteiger partial charge on any atom is -0.480 e. The molecule has 0 aliphatic heterocycles. The molecule has 2 aromatic carbocycles. The van der Waals surface area contributed by atoms with Gasteiger partial charge in [0.2, 0.25) is 0 Å². The fraction of sp³-hybridized carbons (Fsp3) is 0.222. The zero-order chi connectivity index (χ0) is 26.1. The molecule has 2 rings (SSSR count). The lowest BCUT2D eigenvalue weighted by Gasteiger charge is -2.09. The van der Waals surface area contributed by atoms with Crippen LogP contribution in [0.25, 0.3) is 0 Å². The summed E-state index contributed by atoms with van der Waals surface area (Å²) in [4.78, 5) is 55.2. The molecule has 0 bridgehead atoms. The van der Waals surface area contributed by atoms with E-state index in [9.17, 15) is 18.7 Å². The number of rotatable bonds is 10. The Morgan fingerprint density at radius 3 is 1.15 bits per heavy atom. The Morgan fingerprint density at radius 1 is 0.676 bits per heavy atom. The average molecular weight is 522 g/mol. The quantitative estimate of drug-likeness (QED) is 0.194. The molecule has 16 heteroatoms. The predicted molar refractivity (Wildman–Crippen MR) is 117 cm³/mol. The van der Waals surface area contributed by atoms with E-state index < -0.39 is 39.7 Å². The van der Waals surface area contributed by atoms with E-state index in [1.54, 1.807) is 0 Å². The van der Waals surface area contributed by atoms with Gasteiger partial charge in [0.25, 0.3) is 0 Å². The number of phosphoric ester groups is 2. The number of aliphatic carboxylic acids is 2. The summed E-state index contributed by atoms with van der Waals surface area (Å²) in [5.74, 6) is -2.21. The first-order valence-corrected chi connectivity index (χ1v) is 12.3. The van der Waals surface area contributed by atoms with Crippen molar-refractivity contribution >= 4 is 27.6 Å². The second kappa shape index (κ2) is 12.6. The molecule has 0 fully saturated rings. The summed E-state index contributed by atoms with van der Waals surface area (Å²) in [5, 5.41) is 17.2. The van der Waals surface area contributed by atoms with Crippen molar-refractivity contribution in [1.82, 2.24) is 0 Å². The lowest BCUT2D eigenvalue weighted by atomic mass is 10.1. The lowest BCUT2D eigenvalue weighted by Crippen LogP contribution is -2.32. The van der Waals surface area contributed by atoms with Gasteiger partial charge in [0.1, 0.15) is 23.6 Å². The molecule has 0 heterocycles. The van der Waals surface area contributed by atoms with Gasteiger partial charge in [-0.3, -0.25) is 29.2 Å². The number of benzene rings is 2. The van der Waals surface area contributed by atoms with Gasteiger partial charge in [-0.2, -0.15) is 0 Å². The molecule has 0 aliphatic carbocycles. The van der Waals surface area contributed by atoms with Gasteiger partial charge in [-0.25, -0.2) is 9.13 Å². The number of carboxylic acid groups (broad SMARTS) is 2. The topological polar surface area (TPSA) is 260 Å². The third kappa shape index (κ3) is 12.4. The van der Waals surface area contributed by atoms with Crippen LogP contribution in [-0.4, -0.2) is 53.8 Å². The number of carbonyl (C=O) groups is 2. The summed E-state index contributed by atoms with van der Waals surface area (Å²) in [7, 11) is -9.13. The van der Waals surface area contributed by atoms with E-state index in [-0.39, 0.29) is 24.3 Å². The number of carboxylic acids is 2. The van der Waals surface area contributed by atoms with Crippen LogP contribution in [0.5, 0.6) is 11.5 Å². The molecule has 188 valence electrons. The Labute approximate surface area is 193 Å². The molecule has 0 unspecified atom stereocenters. The molecule has 0 amide bonds. The summed E-state index contributed by atoms with van der Waals surface area (Å²) >= 11 is 0. The number of hydrogen-bond donors (Lipinski definition) is 8. The van der Waals surface area contributed by atoms with Crippen LogP contribution >= 0.6 is 15.6 Å². The van der Waals surface area contributed by atoms with Crippen molar-refractivity contribution in [1.29, 1.82) is 0 Å². The molecular formula is C18H24N2O12P2. The van der Waals surface area contributed by atoms with Gasteiger partial charge >= 0.3 is 27.6 Å². The molecule has 0 aromatic heterocycles. The third-order valence-electron chi connectivity index (χ3n) is 3.84. The molecule has 34 heavy (non-hydrogen) atoms. The maximum absolute atomic E-state index is 10.5. The molecular weight excluding hydrogens is 498 g/mol. The van der Waals surface area contributed by atoms with Crippen molar-refractivity contribution in [2.75, 3.05) is 0 Å². The highest BCUT2D eigenvalue weighted by Gasteiger charge is 2.17. The van der Waals surface area contributed by atoms with Gasteiger partial charge in [-0.1, -0.05) is 24.3 Å². The van der Waals surface area contributed by atoms with Crippen molar-refractivity contribution in [3.8, 4) is 11.5 Å². The van der Waals surface area contributed by atoms with Gasteiger partial charge in [0, 0.05) is 0 Å². The minimum absolute atomic E-state index is 0.00554. The highest BCUT2D eigenvalue weighted by atomic mass is 31.2. The summed E-state index contributed by atoms with van der Waals surface area (Å²) in [6.45, 7) is 0. The monoisotopic (exact) mass is 522 g/mol. The molecule has 0 radical (unpaired) electrons. The van der Waals surface area contributed by atoms with E-state index in [2.05, 4.69) is 9.05 Å². The number of hydrogen-bond acceptors (Lipinski definition) is 8. The summed E-state index contributed by atoms with van der Waals surface area (Å²) in [5.41, 5.74) is 11.9. The van der Waals surface area contributed by atoms with Crippen LogP contribution in [-0.2, 0) is 31.6 Å². The predicted octanol–water partition coefficient (Wildman–Crippen LogP) is 0.225. The van der Waals surface area contributed by atoms with Crippen LogP contribution < -0.4 is 20.5 Å². The smallest absolute Gasteiger partial charge is 0.480 e. The number of nitrogens with two attached hydrogens (primary N) is 2. The van der Waals surface area contributed by atoms with Gasteiger partial charge in [-0.15, -0.1) is 0 Å². The molecule has 2 aromatic rings. The van der Waals surface area contributed by atoms with Gasteiger partial charge in [0.05, 0.1) is 0 Å². The fourth-order valence-corrected chi connectivity index (χ4v) is 3.12. The zero-order valence-corrected chi connectivity index (χ0v) is 19.2. The highest BCUT2D eigenvalue weighted by Crippen LogP contribution is 2.38. The van der Waals surface area contributed by atoms with Gasteiger partial charge in [0.15, 0.2) is 0 Å². The Kier molecular flexibility index (Phi) is 10.8. The Hall–Kier alpha value is -2.80. The summed E-state index contributed by atoms with van der Waals surface area (Å²) in [6.07, 6.45) is 0.261. The van der Waals surface area contributed by atoms with Crippen molar-refractivity contribution in [2.45, 2.75) is 24.9 Å². The van der Waals surface area contributed by atoms with Crippen LogP contribution in [0.4, 0.5) is 0 Å². The normalized spacial score (nSPS) is 13.1. The highest BCUT2D eigenvalue weighted by molar-refractivity contribution is 7.47. The first-order chi connectivity index (χ1) is 15.6. The van der Waals surface area contributed by atoms with Crippen LogP contribution in [0.3, 0.4) is 0 Å². The third-order valence-corrected chi connectivity index (χ3v) is 4.74. The maximum atomic E-state index is 10.5. The van der Waals surface area contributed by atoms with E-state index in [1.807, 2.05) is 0 Å². The zero-order valence-electron chi connectivity index (χ0n) is 17.4. The van der Waals surface area contributed by atoms with Crippen LogP contribution in [0.15, 0.2) is 48.5 Å². The molecule has 10 N–H and O–H groups in total. The van der Waals surface area contributed by atoms with E-state index in [4.69, 9.17) is 41.3 Å². The fourth-order valence-electron chi connectivity index (χ4n) is 2.33. The summed E-state index contributed by atoms with van der Waals surface area (Å²) < 4.78 is 29.7. The van der Waals surface area contributed by atoms with Crippen LogP contribution in [0, 0.1) is 0 Å². The molecule has 0 aliphatic rings. The van der Waals surface area contributed by atoms with Gasteiger partial charge < -0.3 is 30.7 Å².